The molecule has 1 saturated heterocycles. The average molecular weight is 611 g/mol. The maximum atomic E-state index is 14.1. The van der Waals surface area contributed by atoms with Crippen LogP contribution in [0.25, 0.3) is 44.3 Å². The van der Waals surface area contributed by atoms with Gasteiger partial charge in [0.1, 0.15) is 5.65 Å². The number of likely N-dealkylation sites (N-methyl/N-ethyl adjacent to an activating group) is 1. The van der Waals surface area contributed by atoms with Gasteiger partial charge in [0.2, 0.25) is 15.9 Å². The molecule has 5 aromatic rings. The minimum atomic E-state index is -3.24. The molecule has 2 aliphatic carbocycles. The van der Waals surface area contributed by atoms with Crippen molar-refractivity contribution in [3.63, 3.8) is 0 Å². The average Bonchev–Trinajstić information content (AvgIpc) is 3.27. The first-order valence-corrected chi connectivity index (χ1v) is 17.0. The highest BCUT2D eigenvalue weighted by atomic mass is 32.2. The van der Waals surface area contributed by atoms with Gasteiger partial charge >= 0.3 is 0 Å². The number of anilines is 1. The summed E-state index contributed by atoms with van der Waals surface area (Å²) in [6.45, 7) is 3.56. The molecule has 0 unspecified atom stereocenters. The zero-order chi connectivity index (χ0) is 30.2. The molecule has 12 heteroatoms. The van der Waals surface area contributed by atoms with E-state index in [1.807, 2.05) is 42.0 Å². The summed E-state index contributed by atoms with van der Waals surface area (Å²) in [7, 11) is 0.530. The SMILES string of the molecule is CCS(=O)(=O)N1CC2(C1)CC1(C2)C(=O)N(C)c2cnc3[nH]c(-c4cnn(CC5CC5)c4)c(-c4ccc5c(cnn5C)c4)c3c21. The zero-order valence-electron chi connectivity index (χ0n) is 25.0. The number of hydrogen-bond donors (Lipinski definition) is 1. The van der Waals surface area contributed by atoms with Gasteiger partial charge in [-0.3, -0.25) is 14.2 Å². The lowest BCUT2D eigenvalue weighted by atomic mass is 9.48. The van der Waals surface area contributed by atoms with Crippen molar-refractivity contribution in [2.75, 3.05) is 30.8 Å². The summed E-state index contributed by atoms with van der Waals surface area (Å²) in [4.78, 5) is 24.4. The van der Waals surface area contributed by atoms with Crippen molar-refractivity contribution in [2.24, 2.45) is 18.4 Å². The Morgan fingerprint density at radius 3 is 2.59 bits per heavy atom. The van der Waals surface area contributed by atoms with Crippen LogP contribution >= 0.6 is 0 Å². The van der Waals surface area contributed by atoms with Crippen molar-refractivity contribution in [1.82, 2.24) is 33.8 Å². The molecule has 4 aromatic heterocycles. The monoisotopic (exact) mass is 610 g/mol. The van der Waals surface area contributed by atoms with E-state index in [0.29, 0.717) is 31.8 Å². The third-order valence-electron chi connectivity index (χ3n) is 10.6. The van der Waals surface area contributed by atoms with Gasteiger partial charge in [0, 0.05) is 72.8 Å². The van der Waals surface area contributed by atoms with Crippen LogP contribution in [0, 0.1) is 11.3 Å². The summed E-state index contributed by atoms with van der Waals surface area (Å²) in [6, 6.07) is 6.38. The predicted molar refractivity (Wildman–Crippen MR) is 168 cm³/mol. The highest BCUT2D eigenvalue weighted by Crippen LogP contribution is 2.66. The Hall–Kier alpha value is -4.03. The Balaban J connectivity index is 1.23. The largest absolute Gasteiger partial charge is 0.339 e. The molecule has 2 saturated carbocycles. The summed E-state index contributed by atoms with van der Waals surface area (Å²) >= 11 is 0. The number of hydrogen-bond acceptors (Lipinski definition) is 6. The first-order valence-electron chi connectivity index (χ1n) is 15.4. The lowest BCUT2D eigenvalue weighted by molar-refractivity contribution is -0.139. The van der Waals surface area contributed by atoms with Crippen molar-refractivity contribution in [2.45, 2.75) is 44.6 Å². The normalized spacial score (nSPS) is 20.6. The summed E-state index contributed by atoms with van der Waals surface area (Å²) < 4.78 is 30.5. The molecule has 11 nitrogen and oxygen atoms in total. The predicted octanol–water partition coefficient (Wildman–Crippen LogP) is 4.05. The number of nitrogens with zero attached hydrogens (tertiary/aromatic N) is 7. The molecular weight excluding hydrogens is 576 g/mol. The molecule has 4 aliphatic rings. The molecule has 0 radical (unpaired) electrons. The van der Waals surface area contributed by atoms with Crippen LogP contribution in [0.1, 0.15) is 38.2 Å². The number of sulfonamides is 1. The van der Waals surface area contributed by atoms with E-state index in [1.54, 1.807) is 16.1 Å². The smallest absolute Gasteiger partial charge is 0.237 e. The number of carbonyl (C=O) groups is 1. The summed E-state index contributed by atoms with van der Waals surface area (Å²) in [5.74, 6) is 0.863. The Morgan fingerprint density at radius 2 is 1.84 bits per heavy atom. The van der Waals surface area contributed by atoms with Gasteiger partial charge in [0.25, 0.3) is 0 Å². The van der Waals surface area contributed by atoms with E-state index < -0.39 is 15.4 Å². The number of rotatable bonds is 6. The fourth-order valence-corrected chi connectivity index (χ4v) is 9.57. The zero-order valence-corrected chi connectivity index (χ0v) is 25.9. The number of aryl methyl sites for hydroxylation is 1. The standard InChI is InChI=1S/C32H34N8O3S/c1-4-44(42,43)40-17-31(18-40)15-32(16-31)27-24(37(2)30(32)41)12-33-29-26(27)25(20-7-8-23-21(9-20)10-34-38(23)3)28(36-29)22-11-35-39(14-22)13-19-5-6-19/h7-12,14,19H,4-6,13,15-18H2,1-3H3,(H,33,36). The third-order valence-corrected chi connectivity index (χ3v) is 12.4. The van der Waals surface area contributed by atoms with Gasteiger partial charge in [-0.1, -0.05) is 6.07 Å². The summed E-state index contributed by atoms with van der Waals surface area (Å²) in [5, 5.41) is 11.2. The van der Waals surface area contributed by atoms with Crippen LogP contribution in [-0.2, 0) is 33.8 Å². The Morgan fingerprint density at radius 1 is 1.05 bits per heavy atom. The van der Waals surface area contributed by atoms with Crippen LogP contribution in [-0.4, -0.2) is 74.0 Å². The number of H-pyrrole nitrogens is 1. The number of aromatic nitrogens is 6. The van der Waals surface area contributed by atoms with Crippen LogP contribution in [0.4, 0.5) is 5.69 Å². The first-order chi connectivity index (χ1) is 21.1. The van der Waals surface area contributed by atoms with Crippen LogP contribution in [0.5, 0.6) is 0 Å². The molecule has 3 fully saturated rings. The Kier molecular flexibility index (Phi) is 5.14. The second-order valence-electron chi connectivity index (χ2n) is 13.5. The second-order valence-corrected chi connectivity index (χ2v) is 15.8. The Bertz CT molecular complexity index is 2140. The lowest BCUT2D eigenvalue weighted by Gasteiger charge is -2.62. The van der Waals surface area contributed by atoms with Crippen LogP contribution in [0.15, 0.2) is 43.0 Å². The van der Waals surface area contributed by atoms with Crippen molar-refractivity contribution < 1.29 is 13.2 Å². The number of benzene rings is 1. The molecule has 2 aliphatic heterocycles. The first kappa shape index (κ1) is 26.4. The van der Waals surface area contributed by atoms with Crippen molar-refractivity contribution in [3.8, 4) is 22.4 Å². The quantitative estimate of drug-likeness (QED) is 0.310. The summed E-state index contributed by atoms with van der Waals surface area (Å²) in [6.07, 6.45) is 11.5. The molecule has 6 heterocycles. The van der Waals surface area contributed by atoms with Crippen LogP contribution < -0.4 is 4.90 Å². The molecule has 2 spiro atoms. The van der Waals surface area contributed by atoms with Crippen molar-refractivity contribution in [3.05, 3.63) is 48.5 Å². The molecule has 1 N–H and O–H groups in total. The molecule has 44 heavy (non-hydrogen) atoms. The van der Waals surface area contributed by atoms with Gasteiger partial charge in [0.05, 0.1) is 46.7 Å². The number of pyridine rings is 1. The van der Waals surface area contributed by atoms with Gasteiger partial charge in [0.15, 0.2) is 0 Å². The third kappa shape index (κ3) is 3.49. The minimum Gasteiger partial charge on any atom is -0.339 e. The van der Waals surface area contributed by atoms with Crippen LogP contribution in [0.2, 0.25) is 0 Å². The maximum Gasteiger partial charge on any atom is 0.237 e. The van der Waals surface area contributed by atoms with Crippen LogP contribution in [0.3, 0.4) is 0 Å². The highest BCUT2D eigenvalue weighted by Gasteiger charge is 2.68. The van der Waals surface area contributed by atoms with E-state index in [4.69, 9.17) is 10.1 Å². The second kappa shape index (κ2) is 8.57. The van der Waals surface area contributed by atoms with E-state index in [0.717, 1.165) is 62.1 Å². The molecule has 9 rings (SSSR count). The Labute approximate surface area is 254 Å². The lowest BCUT2D eigenvalue weighted by Crippen LogP contribution is -2.69. The molecular formula is C32H34N8O3S. The van der Waals surface area contributed by atoms with E-state index >= 15 is 0 Å². The molecule has 1 amide bonds. The number of nitrogens with one attached hydrogen (secondary N) is 1. The number of fused-ring (bicyclic) bond motifs is 5. The highest BCUT2D eigenvalue weighted by molar-refractivity contribution is 7.89. The van der Waals surface area contributed by atoms with Crippen molar-refractivity contribution >= 4 is 43.6 Å². The van der Waals surface area contributed by atoms with Gasteiger partial charge in [-0.25, -0.2) is 17.7 Å². The van der Waals surface area contributed by atoms with Gasteiger partial charge < -0.3 is 9.88 Å². The summed E-state index contributed by atoms with van der Waals surface area (Å²) in [5.41, 5.74) is 6.67. The molecule has 0 bridgehead atoms. The van der Waals surface area contributed by atoms with E-state index in [1.165, 1.54) is 12.8 Å². The molecule has 226 valence electrons. The fourth-order valence-electron chi connectivity index (χ4n) is 8.26. The molecule has 0 atom stereocenters. The van der Waals surface area contributed by atoms with Gasteiger partial charge in [-0.15, -0.1) is 0 Å². The van der Waals surface area contributed by atoms with E-state index in [-0.39, 0.29) is 17.1 Å². The number of aromatic amines is 1. The van der Waals surface area contributed by atoms with E-state index in [9.17, 15) is 13.2 Å². The number of amides is 1. The topological polar surface area (TPSA) is 122 Å². The fraction of sp³-hybridized carbons (Fsp3) is 0.438. The van der Waals surface area contributed by atoms with E-state index in [2.05, 4.69) is 34.5 Å². The minimum absolute atomic E-state index is 0.0675. The maximum absolute atomic E-state index is 14.1. The van der Waals surface area contributed by atoms with Crippen molar-refractivity contribution in [1.29, 1.82) is 0 Å². The molecule has 1 aromatic carbocycles. The van der Waals surface area contributed by atoms with Gasteiger partial charge in [-0.2, -0.15) is 10.2 Å². The van der Waals surface area contributed by atoms with Gasteiger partial charge in [-0.05, 0) is 56.2 Å². The number of carbonyl (C=O) groups excluding carboxylic acids is 1.